The van der Waals surface area contributed by atoms with Gasteiger partial charge in [-0.15, -0.1) is 11.8 Å². The van der Waals surface area contributed by atoms with Crippen molar-refractivity contribution in [3.05, 3.63) is 100 Å². The molecule has 1 heterocycles. The summed E-state index contributed by atoms with van der Waals surface area (Å²) in [5.74, 6) is 0.766. The van der Waals surface area contributed by atoms with Crippen molar-refractivity contribution in [2.75, 3.05) is 12.4 Å². The molecule has 9 heteroatoms. The highest BCUT2D eigenvalue weighted by molar-refractivity contribution is 7.99. The van der Waals surface area contributed by atoms with Gasteiger partial charge in [0.2, 0.25) is 0 Å². The van der Waals surface area contributed by atoms with Gasteiger partial charge in [0.1, 0.15) is 22.9 Å². The van der Waals surface area contributed by atoms with Gasteiger partial charge in [0.05, 0.1) is 11.5 Å². The zero-order chi connectivity index (χ0) is 24.1. The lowest BCUT2D eigenvalue weighted by Crippen LogP contribution is -2.43. The Morgan fingerprint density at radius 3 is 2.41 bits per heavy atom. The van der Waals surface area contributed by atoms with Gasteiger partial charge in [-0.2, -0.15) is 0 Å². The molecule has 0 spiro atoms. The maximum Gasteiger partial charge on any atom is 0.329 e. The van der Waals surface area contributed by atoms with E-state index >= 15 is 0 Å². The fourth-order valence-electron chi connectivity index (χ4n) is 3.66. The molecule has 0 bridgehead atoms. The summed E-state index contributed by atoms with van der Waals surface area (Å²) < 4.78 is 11.2. The van der Waals surface area contributed by atoms with Crippen molar-refractivity contribution in [2.24, 2.45) is 0 Å². The predicted octanol–water partition coefficient (Wildman–Crippen LogP) is 5.21. The molecular weight excluding hydrogens is 456 g/mol. The summed E-state index contributed by atoms with van der Waals surface area (Å²) >= 11 is 1.45. The Bertz CT molecular complexity index is 1190. The van der Waals surface area contributed by atoms with Gasteiger partial charge in [-0.3, -0.25) is 14.9 Å². The maximum absolute atomic E-state index is 13.5. The van der Waals surface area contributed by atoms with Crippen LogP contribution in [0.25, 0.3) is 0 Å². The van der Waals surface area contributed by atoms with E-state index in [9.17, 15) is 19.7 Å². The average Bonchev–Trinajstić information content (AvgIpc) is 3.30. The molecule has 1 fully saturated rings. The number of carbonyl (C=O) groups excluding carboxylic acids is 2. The minimum atomic E-state index is -0.781. The number of carbonyl (C=O) groups is 2. The van der Waals surface area contributed by atoms with Crippen LogP contribution in [0.5, 0.6) is 11.5 Å². The van der Waals surface area contributed by atoms with Crippen LogP contribution in [0.15, 0.2) is 78.9 Å². The first kappa shape index (κ1) is 23.3. The van der Waals surface area contributed by atoms with E-state index in [-0.39, 0.29) is 17.9 Å². The summed E-state index contributed by atoms with van der Waals surface area (Å²) in [5, 5.41) is 10.5. The van der Waals surface area contributed by atoms with Crippen LogP contribution < -0.4 is 4.74 Å². The number of para-hydroxylation sites is 1. The molecule has 4 rings (SSSR count). The number of hydrogen-bond donors (Lipinski definition) is 0. The topological polar surface area (TPSA) is 99.0 Å². The third-order valence-corrected chi connectivity index (χ3v) is 6.56. The minimum Gasteiger partial charge on any atom is -0.464 e. The summed E-state index contributed by atoms with van der Waals surface area (Å²) in [4.78, 5) is 38.1. The number of benzene rings is 3. The van der Waals surface area contributed by atoms with E-state index in [1.807, 2.05) is 54.6 Å². The van der Waals surface area contributed by atoms with Gasteiger partial charge in [-0.1, -0.05) is 30.3 Å². The molecule has 1 saturated heterocycles. The van der Waals surface area contributed by atoms with Gasteiger partial charge < -0.3 is 14.4 Å². The molecule has 3 aromatic carbocycles. The SMILES string of the molecule is CCOC(=O)C1CSC(c2cccc(Oc3ccccc3)c2)N1C(=O)c1ccc([N+](=O)[O-])cc1. The van der Waals surface area contributed by atoms with Crippen molar-refractivity contribution in [1.82, 2.24) is 4.90 Å². The van der Waals surface area contributed by atoms with Crippen LogP contribution in [0.3, 0.4) is 0 Å². The Kier molecular flexibility index (Phi) is 7.12. The van der Waals surface area contributed by atoms with Gasteiger partial charge in [0, 0.05) is 23.4 Å². The lowest BCUT2D eigenvalue weighted by molar-refractivity contribution is -0.384. The first-order valence-electron chi connectivity index (χ1n) is 10.7. The molecule has 1 aliphatic heterocycles. The van der Waals surface area contributed by atoms with Crippen LogP contribution in [0.1, 0.15) is 28.2 Å². The number of nitro benzene ring substituents is 1. The summed E-state index contributed by atoms with van der Waals surface area (Å²) in [5.41, 5.74) is 0.932. The fraction of sp³-hybridized carbons (Fsp3) is 0.200. The first-order valence-corrected chi connectivity index (χ1v) is 11.7. The zero-order valence-electron chi connectivity index (χ0n) is 18.3. The first-order chi connectivity index (χ1) is 16.5. The number of non-ortho nitro benzene ring substituents is 1. The molecular formula is C25H22N2O6S. The van der Waals surface area contributed by atoms with E-state index in [2.05, 4.69) is 0 Å². The molecule has 0 saturated carbocycles. The Balaban J connectivity index is 1.65. The third-order valence-electron chi connectivity index (χ3n) is 5.24. The maximum atomic E-state index is 13.5. The Hall–Kier alpha value is -3.85. The van der Waals surface area contributed by atoms with Crippen LogP contribution >= 0.6 is 11.8 Å². The van der Waals surface area contributed by atoms with E-state index in [4.69, 9.17) is 9.47 Å². The molecule has 8 nitrogen and oxygen atoms in total. The molecule has 0 aromatic heterocycles. The van der Waals surface area contributed by atoms with E-state index in [0.29, 0.717) is 17.3 Å². The molecule has 1 amide bonds. The Morgan fingerprint density at radius 1 is 1.03 bits per heavy atom. The third kappa shape index (κ3) is 5.04. The molecule has 2 unspecified atom stereocenters. The van der Waals surface area contributed by atoms with Crippen molar-refractivity contribution in [3.63, 3.8) is 0 Å². The van der Waals surface area contributed by atoms with Crippen molar-refractivity contribution < 1.29 is 24.0 Å². The number of amides is 1. The van der Waals surface area contributed by atoms with Gasteiger partial charge in [-0.25, -0.2) is 4.79 Å². The second-order valence-corrected chi connectivity index (χ2v) is 8.57. The van der Waals surface area contributed by atoms with Crippen molar-refractivity contribution in [2.45, 2.75) is 18.3 Å². The number of ether oxygens (including phenoxy) is 2. The Labute approximate surface area is 200 Å². The van der Waals surface area contributed by atoms with E-state index in [1.165, 1.54) is 40.9 Å². The fourth-order valence-corrected chi connectivity index (χ4v) is 5.07. The lowest BCUT2D eigenvalue weighted by atomic mass is 10.1. The molecule has 0 aliphatic carbocycles. The number of esters is 1. The molecule has 1 aliphatic rings. The lowest BCUT2D eigenvalue weighted by Gasteiger charge is -2.28. The van der Waals surface area contributed by atoms with E-state index in [1.54, 1.807) is 6.92 Å². The highest BCUT2D eigenvalue weighted by atomic mass is 32.2. The number of thioether (sulfide) groups is 1. The quantitative estimate of drug-likeness (QED) is 0.261. The Morgan fingerprint density at radius 2 is 1.74 bits per heavy atom. The molecule has 3 aromatic rings. The number of rotatable bonds is 7. The van der Waals surface area contributed by atoms with Crippen LogP contribution in [-0.2, 0) is 9.53 Å². The van der Waals surface area contributed by atoms with E-state index in [0.717, 1.165) is 5.56 Å². The van der Waals surface area contributed by atoms with Crippen molar-refractivity contribution >= 4 is 29.3 Å². The van der Waals surface area contributed by atoms with Gasteiger partial charge in [0.25, 0.3) is 11.6 Å². The largest absolute Gasteiger partial charge is 0.464 e. The van der Waals surface area contributed by atoms with Crippen molar-refractivity contribution in [1.29, 1.82) is 0 Å². The summed E-state index contributed by atoms with van der Waals surface area (Å²) in [7, 11) is 0. The van der Waals surface area contributed by atoms with Crippen LogP contribution in [0.2, 0.25) is 0 Å². The summed E-state index contributed by atoms with van der Waals surface area (Å²) in [6, 6.07) is 21.3. The van der Waals surface area contributed by atoms with Gasteiger partial charge >= 0.3 is 5.97 Å². The van der Waals surface area contributed by atoms with Gasteiger partial charge in [-0.05, 0) is 48.9 Å². The summed E-state index contributed by atoms with van der Waals surface area (Å²) in [6.45, 7) is 1.91. The number of hydrogen-bond acceptors (Lipinski definition) is 7. The summed E-state index contributed by atoms with van der Waals surface area (Å²) in [6.07, 6.45) is 0. The van der Waals surface area contributed by atoms with Crippen LogP contribution in [0.4, 0.5) is 5.69 Å². The van der Waals surface area contributed by atoms with Crippen molar-refractivity contribution in [3.8, 4) is 11.5 Å². The average molecular weight is 479 g/mol. The normalized spacial score (nSPS) is 17.3. The second-order valence-electron chi connectivity index (χ2n) is 7.46. The highest BCUT2D eigenvalue weighted by Gasteiger charge is 2.43. The van der Waals surface area contributed by atoms with Crippen LogP contribution in [0, 0.1) is 10.1 Å². The molecule has 0 radical (unpaired) electrons. The smallest absolute Gasteiger partial charge is 0.329 e. The molecule has 174 valence electrons. The standard InChI is InChI=1S/C25H22N2O6S/c1-2-32-25(29)22-16-34-24(26(22)23(28)17-11-13-19(14-12-17)27(30)31)18-7-6-10-21(15-18)33-20-8-4-3-5-9-20/h3-15,22,24H,2,16H2,1H3. The van der Waals surface area contributed by atoms with Crippen LogP contribution in [-0.4, -0.2) is 40.1 Å². The number of nitrogens with zero attached hydrogens (tertiary/aromatic N) is 2. The molecule has 0 N–H and O–H groups in total. The molecule has 34 heavy (non-hydrogen) atoms. The van der Waals surface area contributed by atoms with Gasteiger partial charge in [0.15, 0.2) is 0 Å². The highest BCUT2D eigenvalue weighted by Crippen LogP contribution is 2.43. The van der Waals surface area contributed by atoms with E-state index < -0.39 is 28.2 Å². The monoisotopic (exact) mass is 478 g/mol. The predicted molar refractivity (Wildman–Crippen MR) is 128 cm³/mol. The minimum absolute atomic E-state index is 0.114. The second kappa shape index (κ2) is 10.4. The number of nitro groups is 1. The zero-order valence-corrected chi connectivity index (χ0v) is 19.1. The molecule has 2 atom stereocenters.